The van der Waals surface area contributed by atoms with Crippen molar-refractivity contribution < 1.29 is 5.11 Å². The van der Waals surface area contributed by atoms with Crippen LogP contribution in [0.25, 0.3) is 33.5 Å². The molecule has 220 valence electrons. The number of hydrogen-bond acceptors (Lipinski definition) is 3. The van der Waals surface area contributed by atoms with E-state index in [1.54, 1.807) is 0 Å². The van der Waals surface area contributed by atoms with Gasteiger partial charge in [-0.25, -0.2) is 4.98 Å². The van der Waals surface area contributed by atoms with Gasteiger partial charge in [-0.3, -0.25) is 4.90 Å². The summed E-state index contributed by atoms with van der Waals surface area (Å²) in [4.78, 5) is 7.48. The van der Waals surface area contributed by atoms with Gasteiger partial charge in [0.15, 0.2) is 0 Å². The number of para-hydroxylation sites is 2. The lowest BCUT2D eigenvalue weighted by Gasteiger charge is -2.34. The van der Waals surface area contributed by atoms with Gasteiger partial charge < -0.3 is 5.11 Å². The third kappa shape index (κ3) is 4.66. The Morgan fingerprint density at radius 2 is 1.11 bits per heavy atom. The number of aliphatic hydroxyl groups is 1. The molecule has 0 saturated carbocycles. The summed E-state index contributed by atoms with van der Waals surface area (Å²) in [6.45, 7) is 0. The zero-order valence-electron chi connectivity index (χ0n) is 24.9. The van der Waals surface area contributed by atoms with Crippen molar-refractivity contribution in [2.75, 3.05) is 4.90 Å². The number of rotatable bonds is 6. The van der Waals surface area contributed by atoms with E-state index in [0.29, 0.717) is 0 Å². The van der Waals surface area contributed by atoms with Gasteiger partial charge >= 0.3 is 0 Å². The van der Waals surface area contributed by atoms with E-state index in [-0.39, 0.29) is 0 Å². The van der Waals surface area contributed by atoms with E-state index in [4.69, 9.17) is 4.98 Å². The third-order valence-corrected chi connectivity index (χ3v) is 9.42. The lowest BCUT2D eigenvalue weighted by atomic mass is 9.83. The lowest BCUT2D eigenvalue weighted by molar-refractivity contribution is 0.131. The zero-order chi connectivity index (χ0) is 31.1. The van der Waals surface area contributed by atoms with E-state index < -0.39 is 5.60 Å². The number of fused-ring (bicyclic) bond motifs is 3. The maximum absolute atomic E-state index is 13.1. The normalized spacial score (nSPS) is 14.8. The second-order valence-corrected chi connectivity index (χ2v) is 12.3. The van der Waals surface area contributed by atoms with Gasteiger partial charge in [0, 0.05) is 38.0 Å². The summed E-state index contributed by atoms with van der Waals surface area (Å²) in [5.41, 5.74) is 8.95. The van der Waals surface area contributed by atoms with Crippen LogP contribution in [0.2, 0.25) is 0 Å². The Morgan fingerprint density at radius 3 is 1.85 bits per heavy atom. The van der Waals surface area contributed by atoms with Gasteiger partial charge in [0.05, 0.1) is 11.4 Å². The Morgan fingerprint density at radius 1 is 0.522 bits per heavy atom. The summed E-state index contributed by atoms with van der Waals surface area (Å²) in [6.07, 6.45) is 0. The number of aromatic nitrogens is 1. The van der Waals surface area contributed by atoms with Crippen LogP contribution in [0.4, 0.5) is 17.2 Å². The van der Waals surface area contributed by atoms with E-state index in [1.807, 2.05) is 97.1 Å². The Labute approximate surface area is 277 Å². The minimum Gasteiger partial charge on any atom is -0.376 e. The van der Waals surface area contributed by atoms with Crippen LogP contribution in [0, 0.1) is 0 Å². The highest BCUT2D eigenvalue weighted by Gasteiger charge is 2.45. The molecule has 0 saturated heterocycles. The molecule has 0 radical (unpaired) electrons. The van der Waals surface area contributed by atoms with Crippen LogP contribution in [0.3, 0.4) is 0 Å². The molecule has 0 fully saturated rings. The highest BCUT2D eigenvalue weighted by atomic mass is 79.9. The number of pyridine rings is 1. The summed E-state index contributed by atoms with van der Waals surface area (Å²) < 4.78 is 0.954. The molecule has 0 amide bonds. The van der Waals surface area contributed by atoms with E-state index in [0.717, 1.165) is 71.9 Å². The van der Waals surface area contributed by atoms with Crippen molar-refractivity contribution in [2.24, 2.45) is 0 Å². The Kier molecular flexibility index (Phi) is 7.09. The second-order valence-electron chi connectivity index (χ2n) is 11.4. The summed E-state index contributed by atoms with van der Waals surface area (Å²) in [6, 6.07) is 57.6. The van der Waals surface area contributed by atoms with Crippen molar-refractivity contribution in [1.29, 1.82) is 0 Å². The van der Waals surface area contributed by atoms with E-state index in [1.165, 1.54) is 0 Å². The lowest BCUT2D eigenvalue weighted by Crippen LogP contribution is -2.29. The number of benzene rings is 6. The zero-order valence-corrected chi connectivity index (χ0v) is 26.5. The molecule has 1 heterocycles. The van der Waals surface area contributed by atoms with Gasteiger partial charge in [0.1, 0.15) is 11.4 Å². The molecule has 1 N–H and O–H groups in total. The Balaban J connectivity index is 1.41. The summed E-state index contributed by atoms with van der Waals surface area (Å²) in [5.74, 6) is 0.753. The number of hydrogen-bond donors (Lipinski definition) is 1. The van der Waals surface area contributed by atoms with Crippen LogP contribution >= 0.6 is 15.9 Å². The molecule has 0 spiro atoms. The predicted octanol–water partition coefficient (Wildman–Crippen LogP) is 10.9. The van der Waals surface area contributed by atoms with Gasteiger partial charge in [-0.05, 0) is 53.1 Å². The van der Waals surface area contributed by atoms with Crippen molar-refractivity contribution in [3.63, 3.8) is 0 Å². The molecule has 46 heavy (non-hydrogen) atoms. The number of anilines is 3. The molecule has 6 aromatic carbocycles. The van der Waals surface area contributed by atoms with Gasteiger partial charge in [0.25, 0.3) is 0 Å². The molecule has 1 aliphatic rings. The molecule has 1 unspecified atom stereocenters. The van der Waals surface area contributed by atoms with Crippen molar-refractivity contribution in [3.05, 3.63) is 191 Å². The van der Waals surface area contributed by atoms with Crippen LogP contribution in [0.15, 0.2) is 174 Å². The first-order valence-electron chi connectivity index (χ1n) is 15.3. The first-order chi connectivity index (χ1) is 22.6. The second kappa shape index (κ2) is 11.6. The molecule has 0 bridgehead atoms. The van der Waals surface area contributed by atoms with Crippen LogP contribution in [0.5, 0.6) is 0 Å². The molecule has 7 aromatic rings. The fourth-order valence-corrected chi connectivity index (χ4v) is 7.26. The molecular formula is C42H29BrN2O. The predicted molar refractivity (Wildman–Crippen MR) is 191 cm³/mol. The van der Waals surface area contributed by atoms with Crippen LogP contribution in [0.1, 0.15) is 16.7 Å². The average Bonchev–Trinajstić information content (AvgIpc) is 3.39. The highest BCUT2D eigenvalue weighted by Crippen LogP contribution is 2.55. The Bertz CT molecular complexity index is 2130. The Hall–Kier alpha value is -5.29. The third-order valence-electron chi connectivity index (χ3n) is 8.76. The van der Waals surface area contributed by atoms with Crippen LogP contribution in [-0.4, -0.2) is 10.1 Å². The summed E-state index contributed by atoms with van der Waals surface area (Å²) in [7, 11) is 0. The van der Waals surface area contributed by atoms with E-state index in [9.17, 15) is 5.11 Å². The van der Waals surface area contributed by atoms with Gasteiger partial charge in [0.2, 0.25) is 0 Å². The van der Waals surface area contributed by atoms with Crippen LogP contribution < -0.4 is 4.90 Å². The van der Waals surface area contributed by atoms with Crippen molar-refractivity contribution in [1.82, 2.24) is 4.98 Å². The summed E-state index contributed by atoms with van der Waals surface area (Å²) >= 11 is 3.79. The maximum Gasteiger partial charge on any atom is 0.143 e. The molecule has 1 atom stereocenters. The van der Waals surface area contributed by atoms with E-state index in [2.05, 4.69) is 93.6 Å². The van der Waals surface area contributed by atoms with Crippen molar-refractivity contribution in [3.8, 4) is 33.5 Å². The summed E-state index contributed by atoms with van der Waals surface area (Å²) in [5, 5.41) is 13.1. The van der Waals surface area contributed by atoms with Crippen LogP contribution in [-0.2, 0) is 5.60 Å². The van der Waals surface area contributed by atoms with E-state index >= 15 is 0 Å². The van der Waals surface area contributed by atoms with Crippen molar-refractivity contribution >= 4 is 33.1 Å². The fraction of sp³-hybridized carbons (Fsp3) is 0.0238. The first-order valence-corrected chi connectivity index (χ1v) is 16.1. The molecule has 1 aliphatic carbocycles. The minimum absolute atomic E-state index is 0.753. The molecule has 4 heteroatoms. The van der Waals surface area contributed by atoms with Crippen molar-refractivity contribution in [2.45, 2.75) is 5.60 Å². The van der Waals surface area contributed by atoms with Gasteiger partial charge in [-0.1, -0.05) is 149 Å². The van der Waals surface area contributed by atoms with Gasteiger partial charge in [-0.2, -0.15) is 0 Å². The molecule has 3 nitrogen and oxygen atoms in total. The molecule has 8 rings (SSSR count). The molecule has 0 aliphatic heterocycles. The molecular weight excluding hydrogens is 628 g/mol. The minimum atomic E-state index is -1.40. The highest BCUT2D eigenvalue weighted by molar-refractivity contribution is 9.10. The SMILES string of the molecule is OC1(c2ccccc2N(c2ccccc2)c2cc(-c3ccccc3)cc(-c3ccccc3)n2)c2ccccc2-c2c(Br)cccc21. The van der Waals surface area contributed by atoms with Gasteiger partial charge in [-0.15, -0.1) is 0 Å². The average molecular weight is 658 g/mol. The maximum atomic E-state index is 13.1. The largest absolute Gasteiger partial charge is 0.376 e. The molecule has 1 aromatic heterocycles. The number of halogens is 1. The topological polar surface area (TPSA) is 36.4 Å². The standard InChI is InChI=1S/C42H29BrN2O/c43-37-25-14-24-36-41(37)33-21-10-11-22-34(33)42(36,46)35-23-12-13-26-39(35)45(32-19-8-3-9-20-32)40-28-31(29-15-4-1-5-16-29)27-38(44-40)30-17-6-2-7-18-30/h1-28,46H. The monoisotopic (exact) mass is 656 g/mol. The quantitative estimate of drug-likeness (QED) is 0.193. The fourth-order valence-electron chi connectivity index (χ4n) is 6.68. The first kappa shape index (κ1) is 28.2. The number of nitrogens with zero attached hydrogens (tertiary/aromatic N) is 2. The smallest absolute Gasteiger partial charge is 0.143 e.